The number of rotatable bonds is 2. The Balaban J connectivity index is 1.89. The fourth-order valence-electron chi connectivity index (χ4n) is 1.53. The van der Waals surface area contributed by atoms with Crippen molar-refractivity contribution in [2.75, 3.05) is 26.2 Å². The van der Waals surface area contributed by atoms with Crippen LogP contribution in [0, 0.1) is 0 Å². The van der Waals surface area contributed by atoms with E-state index in [0.29, 0.717) is 5.22 Å². The van der Waals surface area contributed by atoms with E-state index < -0.39 is 0 Å². The lowest BCUT2D eigenvalue weighted by atomic mass is 10.3. The van der Waals surface area contributed by atoms with E-state index in [2.05, 4.69) is 10.2 Å². The normalized spacial score (nSPS) is 19.2. The minimum atomic E-state index is 0.477. The summed E-state index contributed by atoms with van der Waals surface area (Å²) in [6.07, 6.45) is 0. The molecule has 2 heterocycles. The molecular formula is C9H13ClN2O. The Bertz CT molecular complexity index is 268. The average molecular weight is 201 g/mol. The van der Waals surface area contributed by atoms with Gasteiger partial charge in [0.15, 0.2) is 5.22 Å². The van der Waals surface area contributed by atoms with E-state index in [9.17, 15) is 0 Å². The molecule has 1 aromatic rings. The second-order valence-electron chi connectivity index (χ2n) is 3.23. The fourth-order valence-corrected chi connectivity index (χ4v) is 1.69. The number of halogens is 1. The molecular weight excluding hydrogens is 188 g/mol. The molecule has 0 unspecified atom stereocenters. The van der Waals surface area contributed by atoms with Crippen molar-refractivity contribution in [2.45, 2.75) is 6.54 Å². The van der Waals surface area contributed by atoms with Gasteiger partial charge in [-0.15, -0.1) is 0 Å². The molecule has 0 aromatic carbocycles. The highest BCUT2D eigenvalue weighted by Gasteiger charge is 2.11. The summed E-state index contributed by atoms with van der Waals surface area (Å²) in [4.78, 5) is 2.35. The van der Waals surface area contributed by atoms with Gasteiger partial charge in [0.25, 0.3) is 0 Å². The number of hydrogen-bond acceptors (Lipinski definition) is 3. The van der Waals surface area contributed by atoms with E-state index in [-0.39, 0.29) is 0 Å². The van der Waals surface area contributed by atoms with Gasteiger partial charge in [-0.25, -0.2) is 0 Å². The molecule has 13 heavy (non-hydrogen) atoms. The Morgan fingerprint density at radius 3 is 2.77 bits per heavy atom. The van der Waals surface area contributed by atoms with Gasteiger partial charge in [0.1, 0.15) is 5.76 Å². The molecule has 0 spiro atoms. The minimum absolute atomic E-state index is 0.477. The van der Waals surface area contributed by atoms with Crippen molar-refractivity contribution in [2.24, 2.45) is 0 Å². The topological polar surface area (TPSA) is 28.4 Å². The Hall–Kier alpha value is -0.510. The van der Waals surface area contributed by atoms with Crippen LogP contribution in [0.2, 0.25) is 5.22 Å². The van der Waals surface area contributed by atoms with Gasteiger partial charge in [-0.3, -0.25) is 4.90 Å². The molecule has 0 bridgehead atoms. The SMILES string of the molecule is Clc1ccc(CN2CCNCC2)o1. The van der Waals surface area contributed by atoms with Crippen LogP contribution in [0.1, 0.15) is 5.76 Å². The van der Waals surface area contributed by atoms with Crippen LogP contribution in [0.25, 0.3) is 0 Å². The summed E-state index contributed by atoms with van der Waals surface area (Å²) in [6, 6.07) is 3.73. The monoisotopic (exact) mass is 200 g/mol. The van der Waals surface area contributed by atoms with Gasteiger partial charge < -0.3 is 9.73 Å². The fraction of sp³-hybridized carbons (Fsp3) is 0.556. The van der Waals surface area contributed by atoms with E-state index in [1.807, 2.05) is 6.07 Å². The highest BCUT2D eigenvalue weighted by atomic mass is 35.5. The first-order valence-electron chi connectivity index (χ1n) is 4.52. The van der Waals surface area contributed by atoms with Gasteiger partial charge in [-0.05, 0) is 23.7 Å². The molecule has 1 saturated heterocycles. The zero-order valence-corrected chi connectivity index (χ0v) is 8.18. The molecule has 3 nitrogen and oxygen atoms in total. The molecule has 1 aliphatic heterocycles. The predicted molar refractivity (Wildman–Crippen MR) is 51.9 cm³/mol. The summed E-state index contributed by atoms with van der Waals surface area (Å²) in [7, 11) is 0. The predicted octanol–water partition coefficient (Wildman–Crippen LogP) is 1.34. The molecule has 1 aliphatic rings. The maximum Gasteiger partial charge on any atom is 0.193 e. The van der Waals surface area contributed by atoms with Crippen LogP contribution in [0.3, 0.4) is 0 Å². The zero-order valence-electron chi connectivity index (χ0n) is 7.42. The van der Waals surface area contributed by atoms with Crippen LogP contribution in [-0.4, -0.2) is 31.1 Å². The van der Waals surface area contributed by atoms with Gasteiger partial charge in [0, 0.05) is 26.2 Å². The smallest absolute Gasteiger partial charge is 0.193 e. The number of hydrogen-bond donors (Lipinski definition) is 1. The maximum absolute atomic E-state index is 5.68. The zero-order chi connectivity index (χ0) is 9.10. The van der Waals surface area contributed by atoms with Crippen molar-refractivity contribution in [1.29, 1.82) is 0 Å². The summed E-state index contributed by atoms with van der Waals surface area (Å²) in [5.41, 5.74) is 0. The maximum atomic E-state index is 5.68. The Kier molecular flexibility index (Phi) is 2.88. The first kappa shape index (κ1) is 9.06. The van der Waals surface area contributed by atoms with Crippen LogP contribution in [-0.2, 0) is 6.54 Å². The Labute approximate surface area is 82.7 Å². The van der Waals surface area contributed by atoms with Gasteiger partial charge >= 0.3 is 0 Å². The third-order valence-corrected chi connectivity index (χ3v) is 2.42. The first-order valence-corrected chi connectivity index (χ1v) is 4.90. The second-order valence-corrected chi connectivity index (χ2v) is 3.60. The number of piperazine rings is 1. The van der Waals surface area contributed by atoms with Crippen LogP contribution in [0.5, 0.6) is 0 Å². The Morgan fingerprint density at radius 2 is 2.15 bits per heavy atom. The van der Waals surface area contributed by atoms with E-state index in [1.54, 1.807) is 6.07 Å². The molecule has 2 rings (SSSR count). The number of nitrogens with one attached hydrogen (secondary N) is 1. The molecule has 0 aliphatic carbocycles. The van der Waals surface area contributed by atoms with Crippen LogP contribution in [0.15, 0.2) is 16.5 Å². The summed E-state index contributed by atoms with van der Waals surface area (Å²) >= 11 is 5.68. The van der Waals surface area contributed by atoms with Crippen molar-refractivity contribution in [3.05, 3.63) is 23.1 Å². The molecule has 1 aromatic heterocycles. The molecule has 1 fully saturated rings. The van der Waals surface area contributed by atoms with Gasteiger partial charge in [0.2, 0.25) is 0 Å². The molecule has 0 radical (unpaired) electrons. The van der Waals surface area contributed by atoms with Gasteiger partial charge in [-0.2, -0.15) is 0 Å². The van der Waals surface area contributed by atoms with Crippen LogP contribution < -0.4 is 5.32 Å². The third-order valence-electron chi connectivity index (χ3n) is 2.22. The van der Waals surface area contributed by atoms with Gasteiger partial charge in [-0.1, -0.05) is 0 Å². The van der Waals surface area contributed by atoms with Crippen molar-refractivity contribution in [1.82, 2.24) is 10.2 Å². The lowest BCUT2D eigenvalue weighted by Crippen LogP contribution is -2.42. The highest BCUT2D eigenvalue weighted by molar-refractivity contribution is 6.28. The third kappa shape index (κ3) is 2.46. The van der Waals surface area contributed by atoms with E-state index in [1.165, 1.54) is 0 Å². The lowest BCUT2D eigenvalue weighted by Gasteiger charge is -2.25. The summed E-state index contributed by atoms with van der Waals surface area (Å²) < 4.78 is 5.29. The summed E-state index contributed by atoms with van der Waals surface area (Å²) in [5.74, 6) is 0.951. The molecule has 72 valence electrons. The van der Waals surface area contributed by atoms with Crippen molar-refractivity contribution in [3.8, 4) is 0 Å². The van der Waals surface area contributed by atoms with Crippen molar-refractivity contribution < 1.29 is 4.42 Å². The summed E-state index contributed by atoms with van der Waals surface area (Å²) in [6.45, 7) is 5.16. The quantitative estimate of drug-likeness (QED) is 0.781. The van der Waals surface area contributed by atoms with E-state index >= 15 is 0 Å². The second kappa shape index (κ2) is 4.13. The van der Waals surface area contributed by atoms with Crippen molar-refractivity contribution in [3.63, 3.8) is 0 Å². The van der Waals surface area contributed by atoms with Crippen LogP contribution in [0.4, 0.5) is 0 Å². The highest BCUT2D eigenvalue weighted by Crippen LogP contribution is 2.14. The van der Waals surface area contributed by atoms with Crippen molar-refractivity contribution >= 4 is 11.6 Å². The number of furan rings is 1. The first-order chi connectivity index (χ1) is 6.34. The van der Waals surface area contributed by atoms with E-state index in [4.69, 9.17) is 16.0 Å². The Morgan fingerprint density at radius 1 is 1.38 bits per heavy atom. The molecule has 4 heteroatoms. The molecule has 1 N–H and O–H groups in total. The van der Waals surface area contributed by atoms with Crippen LogP contribution >= 0.6 is 11.6 Å². The van der Waals surface area contributed by atoms with Gasteiger partial charge in [0.05, 0.1) is 6.54 Å². The number of nitrogens with zero attached hydrogens (tertiary/aromatic N) is 1. The largest absolute Gasteiger partial charge is 0.448 e. The molecule has 0 amide bonds. The average Bonchev–Trinajstić information content (AvgIpc) is 2.53. The molecule has 0 saturated carbocycles. The lowest BCUT2D eigenvalue weighted by molar-refractivity contribution is 0.216. The molecule has 0 atom stereocenters. The van der Waals surface area contributed by atoms with E-state index in [0.717, 1.165) is 38.5 Å². The summed E-state index contributed by atoms with van der Waals surface area (Å²) in [5, 5.41) is 3.78. The standard InChI is InChI=1S/C9H13ClN2O/c10-9-2-1-8(13-9)7-12-5-3-11-4-6-12/h1-2,11H,3-7H2. The minimum Gasteiger partial charge on any atom is -0.448 e.